The van der Waals surface area contributed by atoms with Gasteiger partial charge in [-0.15, -0.1) is 0 Å². The minimum absolute atomic E-state index is 0.0822. The van der Waals surface area contributed by atoms with Crippen LogP contribution in [0.2, 0.25) is 0 Å². The zero-order chi connectivity index (χ0) is 18.9. The molecule has 2 aromatic heterocycles. The lowest BCUT2D eigenvalue weighted by Gasteiger charge is -2.53. The van der Waals surface area contributed by atoms with Crippen molar-refractivity contribution in [2.24, 2.45) is 13.0 Å². The minimum atomic E-state index is -0.177. The topological polar surface area (TPSA) is 69.5 Å². The first kappa shape index (κ1) is 18.0. The number of aromatic nitrogens is 3. The van der Waals surface area contributed by atoms with Gasteiger partial charge in [-0.25, -0.2) is 9.97 Å². The number of carbonyl (C=O) groups is 1. The highest BCUT2D eigenvalue weighted by Crippen LogP contribution is 2.38. The number of rotatable bonds is 5. The number of hydrogen-bond donors (Lipinski definition) is 0. The van der Waals surface area contributed by atoms with Crippen LogP contribution in [0.5, 0.6) is 6.01 Å². The third-order valence-corrected chi connectivity index (χ3v) is 5.53. The van der Waals surface area contributed by atoms with Gasteiger partial charge in [0.25, 0.3) is 5.91 Å². The molecule has 27 heavy (non-hydrogen) atoms. The largest absolute Gasteiger partial charge is 0.463 e. The van der Waals surface area contributed by atoms with E-state index >= 15 is 0 Å². The summed E-state index contributed by atoms with van der Waals surface area (Å²) < 4.78 is 13.6. The maximum Gasteiger partial charge on any atom is 0.316 e. The van der Waals surface area contributed by atoms with Crippen LogP contribution in [0.25, 0.3) is 0 Å². The Morgan fingerprint density at radius 1 is 1.41 bits per heavy atom. The second kappa shape index (κ2) is 7.31. The van der Waals surface area contributed by atoms with E-state index in [4.69, 9.17) is 9.47 Å². The highest BCUT2D eigenvalue weighted by Gasteiger charge is 2.49. The number of amides is 1. The summed E-state index contributed by atoms with van der Waals surface area (Å²) in [4.78, 5) is 22.9. The number of nitrogens with zero attached hydrogens (tertiary/aromatic N) is 4. The van der Waals surface area contributed by atoms with E-state index in [-0.39, 0.29) is 11.5 Å². The molecule has 2 saturated heterocycles. The molecular weight excluding hydrogens is 344 g/mol. The Bertz CT molecular complexity index is 813. The smallest absolute Gasteiger partial charge is 0.316 e. The number of aryl methyl sites for hydroxylation is 2. The molecule has 7 heteroatoms. The molecule has 2 fully saturated rings. The number of hydrogen-bond acceptors (Lipinski definition) is 5. The Morgan fingerprint density at radius 2 is 2.26 bits per heavy atom. The summed E-state index contributed by atoms with van der Waals surface area (Å²) >= 11 is 0. The van der Waals surface area contributed by atoms with Crippen molar-refractivity contribution in [2.45, 2.75) is 31.8 Å². The Hall–Kier alpha value is -2.41. The van der Waals surface area contributed by atoms with Crippen molar-refractivity contribution >= 4 is 5.91 Å². The number of likely N-dealkylation sites (tertiary alicyclic amines) is 1. The van der Waals surface area contributed by atoms with Crippen molar-refractivity contribution in [3.8, 4) is 6.01 Å². The van der Waals surface area contributed by atoms with E-state index in [1.807, 2.05) is 47.8 Å². The van der Waals surface area contributed by atoms with Crippen LogP contribution in [0.4, 0.5) is 0 Å². The quantitative estimate of drug-likeness (QED) is 0.807. The average Bonchev–Trinajstić information content (AvgIpc) is 3.05. The molecule has 1 amide bonds. The molecule has 2 aliphatic rings. The third-order valence-electron chi connectivity index (χ3n) is 5.53. The maximum absolute atomic E-state index is 12.6. The molecule has 2 aliphatic heterocycles. The van der Waals surface area contributed by atoms with Gasteiger partial charge in [0.1, 0.15) is 11.3 Å². The zero-order valence-corrected chi connectivity index (χ0v) is 15.9. The normalized spacial score (nSPS) is 21.1. The molecule has 0 N–H and O–H groups in total. The standard InChI is InChI=1S/C20H26N4O3/c1-15-5-8-21-19(22-15)26-10-6-16-7-11-27-20(12-16)13-24(14-20)18(25)17-4-3-9-23(17)2/h3-5,8-9,16H,6-7,10-14H2,1-2H3/t16-/m1/s1. The SMILES string of the molecule is Cc1ccnc(OCC[C@@H]2CCOC3(C2)CN(C(=O)c2cccn2C)C3)n1. The van der Waals surface area contributed by atoms with Crippen LogP contribution in [0.15, 0.2) is 30.6 Å². The van der Waals surface area contributed by atoms with Gasteiger partial charge in [-0.3, -0.25) is 4.79 Å². The monoisotopic (exact) mass is 370 g/mol. The van der Waals surface area contributed by atoms with E-state index < -0.39 is 0 Å². The van der Waals surface area contributed by atoms with Crippen LogP contribution >= 0.6 is 0 Å². The van der Waals surface area contributed by atoms with Gasteiger partial charge in [-0.05, 0) is 50.3 Å². The van der Waals surface area contributed by atoms with E-state index in [2.05, 4.69) is 9.97 Å². The summed E-state index contributed by atoms with van der Waals surface area (Å²) in [6.07, 6.45) is 6.57. The first-order valence-electron chi connectivity index (χ1n) is 9.52. The van der Waals surface area contributed by atoms with E-state index in [1.54, 1.807) is 6.20 Å². The summed E-state index contributed by atoms with van der Waals surface area (Å²) in [5.74, 6) is 0.620. The lowest BCUT2D eigenvalue weighted by Crippen LogP contribution is -2.66. The lowest BCUT2D eigenvalue weighted by atomic mass is 9.79. The van der Waals surface area contributed by atoms with Gasteiger partial charge in [-0.1, -0.05) is 0 Å². The average molecular weight is 370 g/mol. The molecule has 0 saturated carbocycles. The van der Waals surface area contributed by atoms with Gasteiger partial charge in [0.2, 0.25) is 0 Å². The molecule has 2 aromatic rings. The first-order valence-corrected chi connectivity index (χ1v) is 9.52. The predicted molar refractivity (Wildman–Crippen MR) is 99.6 cm³/mol. The Balaban J connectivity index is 1.26. The van der Waals surface area contributed by atoms with Gasteiger partial charge in [0.05, 0.1) is 19.7 Å². The lowest BCUT2D eigenvalue weighted by molar-refractivity contribution is -0.167. The summed E-state index contributed by atoms with van der Waals surface area (Å²) in [5.41, 5.74) is 1.45. The third kappa shape index (κ3) is 3.83. The highest BCUT2D eigenvalue weighted by atomic mass is 16.5. The number of ether oxygens (including phenoxy) is 2. The second-order valence-corrected chi connectivity index (χ2v) is 7.67. The van der Waals surface area contributed by atoms with Crippen molar-refractivity contribution in [2.75, 3.05) is 26.3 Å². The molecule has 0 aliphatic carbocycles. The van der Waals surface area contributed by atoms with Gasteiger partial charge < -0.3 is 18.9 Å². The fraction of sp³-hybridized carbons (Fsp3) is 0.550. The second-order valence-electron chi connectivity index (χ2n) is 7.67. The molecule has 4 rings (SSSR count). The summed E-state index contributed by atoms with van der Waals surface area (Å²) in [6, 6.07) is 6.06. The Labute approximate surface area is 159 Å². The number of carbonyl (C=O) groups excluding carboxylic acids is 1. The van der Waals surface area contributed by atoms with Crippen molar-refractivity contribution in [3.63, 3.8) is 0 Å². The molecule has 0 radical (unpaired) electrons. The van der Waals surface area contributed by atoms with E-state index in [0.29, 0.717) is 31.6 Å². The molecule has 1 spiro atoms. The molecule has 4 heterocycles. The van der Waals surface area contributed by atoms with Gasteiger partial charge in [0, 0.05) is 31.7 Å². The van der Waals surface area contributed by atoms with Gasteiger partial charge in [0.15, 0.2) is 0 Å². The molecular formula is C20H26N4O3. The van der Waals surface area contributed by atoms with Crippen LogP contribution in [0, 0.1) is 12.8 Å². The van der Waals surface area contributed by atoms with E-state index in [1.165, 1.54) is 0 Å². The van der Waals surface area contributed by atoms with Gasteiger partial charge in [-0.2, -0.15) is 0 Å². The Morgan fingerprint density at radius 3 is 3.00 bits per heavy atom. The van der Waals surface area contributed by atoms with Crippen molar-refractivity contribution in [1.82, 2.24) is 19.4 Å². The first-order chi connectivity index (χ1) is 13.0. The van der Waals surface area contributed by atoms with Crippen molar-refractivity contribution < 1.29 is 14.3 Å². The minimum Gasteiger partial charge on any atom is -0.463 e. The highest BCUT2D eigenvalue weighted by molar-refractivity contribution is 5.93. The van der Waals surface area contributed by atoms with Crippen LogP contribution in [0.3, 0.4) is 0 Å². The van der Waals surface area contributed by atoms with E-state index in [9.17, 15) is 4.79 Å². The van der Waals surface area contributed by atoms with Crippen LogP contribution in [0.1, 0.15) is 35.4 Å². The molecule has 7 nitrogen and oxygen atoms in total. The van der Waals surface area contributed by atoms with Crippen molar-refractivity contribution in [3.05, 3.63) is 42.0 Å². The van der Waals surface area contributed by atoms with E-state index in [0.717, 1.165) is 37.3 Å². The summed E-state index contributed by atoms with van der Waals surface area (Å²) in [7, 11) is 1.90. The van der Waals surface area contributed by atoms with Crippen LogP contribution in [-0.2, 0) is 11.8 Å². The molecule has 0 unspecified atom stereocenters. The summed E-state index contributed by atoms with van der Waals surface area (Å²) in [6.45, 7) is 4.63. The zero-order valence-electron chi connectivity index (χ0n) is 15.9. The molecule has 0 bridgehead atoms. The Kier molecular flexibility index (Phi) is 4.86. The van der Waals surface area contributed by atoms with Gasteiger partial charge >= 0.3 is 6.01 Å². The molecule has 0 aromatic carbocycles. The fourth-order valence-corrected chi connectivity index (χ4v) is 4.05. The van der Waals surface area contributed by atoms with Crippen LogP contribution in [-0.4, -0.2) is 57.2 Å². The molecule has 1 atom stereocenters. The predicted octanol–water partition coefficient (Wildman–Crippen LogP) is 2.21. The summed E-state index contributed by atoms with van der Waals surface area (Å²) in [5, 5.41) is 0. The van der Waals surface area contributed by atoms with Crippen LogP contribution < -0.4 is 4.74 Å². The molecule has 144 valence electrons. The maximum atomic E-state index is 12.6. The fourth-order valence-electron chi connectivity index (χ4n) is 4.05. The van der Waals surface area contributed by atoms with Crippen molar-refractivity contribution in [1.29, 1.82) is 0 Å².